The third kappa shape index (κ3) is 6.20. The smallest absolute Gasteiger partial charge is 0.271 e. The van der Waals surface area contributed by atoms with Crippen molar-refractivity contribution in [3.8, 4) is 11.5 Å². The molecule has 0 aliphatic rings. The second kappa shape index (κ2) is 10.9. The van der Waals surface area contributed by atoms with E-state index >= 15 is 0 Å². The minimum Gasteiger partial charge on any atom is -0.493 e. The quantitative estimate of drug-likeness (QED) is 0.399. The molecule has 0 radical (unpaired) electrons. The van der Waals surface area contributed by atoms with Crippen LogP contribution in [0.5, 0.6) is 11.5 Å². The number of rotatable bonds is 10. The number of nitrogens with one attached hydrogen (secondary N) is 1. The first-order valence-corrected chi connectivity index (χ1v) is 8.79. The molecular formula is C20H25N3O3. The van der Waals surface area contributed by atoms with Crippen molar-refractivity contribution in [3.05, 3.63) is 53.9 Å². The van der Waals surface area contributed by atoms with Crippen LogP contribution < -0.4 is 14.9 Å². The molecule has 1 heterocycles. The number of unbranched alkanes of at least 4 members (excludes halogenated alkanes) is 3. The predicted molar refractivity (Wildman–Crippen MR) is 102 cm³/mol. The molecule has 0 aliphatic carbocycles. The fourth-order valence-electron chi connectivity index (χ4n) is 2.33. The number of methoxy groups -OCH3 is 1. The van der Waals surface area contributed by atoms with E-state index in [1.54, 1.807) is 37.9 Å². The van der Waals surface area contributed by atoms with Gasteiger partial charge < -0.3 is 9.47 Å². The molecule has 0 saturated heterocycles. The van der Waals surface area contributed by atoms with Gasteiger partial charge in [0.2, 0.25) is 0 Å². The van der Waals surface area contributed by atoms with Crippen LogP contribution in [0.2, 0.25) is 0 Å². The van der Waals surface area contributed by atoms with Gasteiger partial charge in [0.05, 0.1) is 19.9 Å². The fraction of sp³-hybridized carbons (Fsp3) is 0.350. The summed E-state index contributed by atoms with van der Waals surface area (Å²) < 4.78 is 11.2. The van der Waals surface area contributed by atoms with Gasteiger partial charge in [0.15, 0.2) is 11.5 Å². The van der Waals surface area contributed by atoms with Gasteiger partial charge in [0.1, 0.15) is 0 Å². The first kappa shape index (κ1) is 19.4. The number of pyridine rings is 1. The van der Waals surface area contributed by atoms with Crippen molar-refractivity contribution in [1.29, 1.82) is 0 Å². The maximum absolute atomic E-state index is 11.9. The molecule has 0 aliphatic heterocycles. The highest BCUT2D eigenvalue weighted by Crippen LogP contribution is 2.27. The van der Waals surface area contributed by atoms with Crippen LogP contribution in [0.25, 0.3) is 0 Å². The van der Waals surface area contributed by atoms with Crippen LogP contribution in [-0.2, 0) is 0 Å². The zero-order valence-electron chi connectivity index (χ0n) is 15.3. The lowest BCUT2D eigenvalue weighted by Crippen LogP contribution is -2.17. The molecule has 1 aromatic carbocycles. The van der Waals surface area contributed by atoms with Crippen LogP contribution >= 0.6 is 0 Å². The number of carbonyl (C=O) groups is 1. The molecular weight excluding hydrogens is 330 g/mol. The SMILES string of the molecule is CCCCCCOc1ccc(/C=N/NC(=O)c2ccncc2)cc1OC. The Balaban J connectivity index is 1.90. The molecule has 0 fully saturated rings. The van der Waals surface area contributed by atoms with Crippen molar-refractivity contribution in [2.45, 2.75) is 32.6 Å². The van der Waals surface area contributed by atoms with Crippen molar-refractivity contribution >= 4 is 12.1 Å². The minimum absolute atomic E-state index is 0.289. The van der Waals surface area contributed by atoms with E-state index in [1.807, 2.05) is 18.2 Å². The summed E-state index contributed by atoms with van der Waals surface area (Å²) in [6, 6.07) is 8.79. The molecule has 138 valence electrons. The topological polar surface area (TPSA) is 72.8 Å². The van der Waals surface area contributed by atoms with Gasteiger partial charge in [-0.1, -0.05) is 26.2 Å². The highest BCUT2D eigenvalue weighted by Gasteiger charge is 2.06. The minimum atomic E-state index is -0.289. The number of hydrogen-bond acceptors (Lipinski definition) is 5. The summed E-state index contributed by atoms with van der Waals surface area (Å²) in [6.45, 7) is 2.86. The van der Waals surface area contributed by atoms with Gasteiger partial charge in [-0.3, -0.25) is 9.78 Å². The van der Waals surface area contributed by atoms with Gasteiger partial charge in [-0.25, -0.2) is 5.43 Å². The van der Waals surface area contributed by atoms with Gasteiger partial charge in [-0.05, 0) is 42.3 Å². The zero-order chi connectivity index (χ0) is 18.6. The Morgan fingerprint density at radius 3 is 2.69 bits per heavy atom. The molecule has 2 rings (SSSR count). The highest BCUT2D eigenvalue weighted by atomic mass is 16.5. The van der Waals surface area contributed by atoms with Crippen LogP contribution in [0.4, 0.5) is 0 Å². The molecule has 0 unspecified atom stereocenters. The third-order valence-corrected chi connectivity index (χ3v) is 3.77. The summed E-state index contributed by atoms with van der Waals surface area (Å²) in [4.78, 5) is 15.8. The fourth-order valence-corrected chi connectivity index (χ4v) is 2.33. The van der Waals surface area contributed by atoms with Crippen molar-refractivity contribution in [2.75, 3.05) is 13.7 Å². The molecule has 0 bridgehead atoms. The number of amides is 1. The lowest BCUT2D eigenvalue weighted by atomic mass is 10.2. The first-order chi connectivity index (χ1) is 12.7. The molecule has 0 spiro atoms. The summed E-state index contributed by atoms with van der Waals surface area (Å²) in [5, 5.41) is 3.98. The lowest BCUT2D eigenvalue weighted by molar-refractivity contribution is 0.0955. The standard InChI is InChI=1S/C20H25N3O3/c1-3-4-5-6-13-26-18-8-7-16(14-19(18)25-2)15-22-23-20(24)17-9-11-21-12-10-17/h7-12,14-15H,3-6,13H2,1-2H3,(H,23,24)/b22-15+. The average molecular weight is 355 g/mol. The second-order valence-corrected chi connectivity index (χ2v) is 5.75. The van der Waals surface area contributed by atoms with Crippen molar-refractivity contribution < 1.29 is 14.3 Å². The summed E-state index contributed by atoms with van der Waals surface area (Å²) in [5.74, 6) is 1.06. The Labute approximate surface area is 154 Å². The largest absolute Gasteiger partial charge is 0.493 e. The number of carbonyl (C=O) groups excluding carboxylic acids is 1. The van der Waals surface area contributed by atoms with E-state index in [9.17, 15) is 4.79 Å². The Morgan fingerprint density at radius 1 is 1.15 bits per heavy atom. The molecule has 1 N–H and O–H groups in total. The Morgan fingerprint density at radius 2 is 1.96 bits per heavy atom. The number of ether oxygens (including phenoxy) is 2. The first-order valence-electron chi connectivity index (χ1n) is 8.79. The normalized spacial score (nSPS) is 10.7. The average Bonchev–Trinajstić information content (AvgIpc) is 2.69. The van der Waals surface area contributed by atoms with Crippen molar-refractivity contribution in [1.82, 2.24) is 10.4 Å². The van der Waals surface area contributed by atoms with E-state index in [1.165, 1.54) is 19.3 Å². The summed E-state index contributed by atoms with van der Waals surface area (Å²) >= 11 is 0. The van der Waals surface area contributed by atoms with E-state index in [-0.39, 0.29) is 5.91 Å². The summed E-state index contributed by atoms with van der Waals surface area (Å²) in [6.07, 6.45) is 9.31. The monoisotopic (exact) mass is 355 g/mol. The maximum atomic E-state index is 11.9. The van der Waals surface area contributed by atoms with Crippen LogP contribution in [0.1, 0.15) is 48.5 Å². The van der Waals surface area contributed by atoms with Crippen LogP contribution in [0.3, 0.4) is 0 Å². The Bertz CT molecular complexity index is 717. The molecule has 6 heteroatoms. The van der Waals surface area contributed by atoms with Gasteiger partial charge in [0, 0.05) is 18.0 Å². The van der Waals surface area contributed by atoms with Gasteiger partial charge >= 0.3 is 0 Å². The number of nitrogens with zero attached hydrogens (tertiary/aromatic N) is 2. The molecule has 1 amide bonds. The Kier molecular flexibility index (Phi) is 8.12. The molecule has 1 aromatic heterocycles. The van der Waals surface area contributed by atoms with E-state index < -0.39 is 0 Å². The zero-order valence-corrected chi connectivity index (χ0v) is 15.3. The maximum Gasteiger partial charge on any atom is 0.271 e. The second-order valence-electron chi connectivity index (χ2n) is 5.75. The van der Waals surface area contributed by atoms with E-state index in [4.69, 9.17) is 9.47 Å². The molecule has 26 heavy (non-hydrogen) atoms. The van der Waals surface area contributed by atoms with E-state index in [0.29, 0.717) is 23.7 Å². The van der Waals surface area contributed by atoms with Gasteiger partial charge in [-0.15, -0.1) is 0 Å². The summed E-state index contributed by atoms with van der Waals surface area (Å²) in [7, 11) is 1.60. The lowest BCUT2D eigenvalue weighted by Gasteiger charge is -2.11. The van der Waals surface area contributed by atoms with Crippen LogP contribution in [-0.4, -0.2) is 30.8 Å². The Hall–Kier alpha value is -2.89. The number of hydrogen-bond donors (Lipinski definition) is 1. The molecule has 0 atom stereocenters. The van der Waals surface area contributed by atoms with Crippen LogP contribution in [0, 0.1) is 0 Å². The van der Waals surface area contributed by atoms with Gasteiger partial charge in [0.25, 0.3) is 5.91 Å². The summed E-state index contributed by atoms with van der Waals surface area (Å²) in [5.41, 5.74) is 3.79. The number of aromatic nitrogens is 1. The van der Waals surface area contributed by atoms with E-state index in [0.717, 1.165) is 12.0 Å². The third-order valence-electron chi connectivity index (χ3n) is 3.77. The number of hydrazone groups is 1. The van der Waals surface area contributed by atoms with Crippen LogP contribution in [0.15, 0.2) is 47.8 Å². The van der Waals surface area contributed by atoms with Crippen molar-refractivity contribution in [3.63, 3.8) is 0 Å². The predicted octanol–water partition coefficient (Wildman–Crippen LogP) is 3.81. The van der Waals surface area contributed by atoms with E-state index in [2.05, 4.69) is 22.4 Å². The molecule has 6 nitrogen and oxygen atoms in total. The molecule has 2 aromatic rings. The van der Waals surface area contributed by atoms with Crippen molar-refractivity contribution in [2.24, 2.45) is 5.10 Å². The van der Waals surface area contributed by atoms with Gasteiger partial charge in [-0.2, -0.15) is 5.10 Å². The highest BCUT2D eigenvalue weighted by molar-refractivity contribution is 5.94. The molecule has 0 saturated carbocycles. The number of benzene rings is 1.